The first-order chi connectivity index (χ1) is 17.4. The number of carbonyl (C=O) groups excluding carboxylic acids is 4. The van der Waals surface area contributed by atoms with Crippen molar-refractivity contribution in [2.75, 3.05) is 26.8 Å². The Morgan fingerprint density at radius 3 is 2.32 bits per heavy atom. The lowest BCUT2D eigenvalue weighted by atomic mass is 10.00. The fraction of sp³-hybridized carbons (Fsp3) is 0.630. The maximum atomic E-state index is 13.7. The van der Waals surface area contributed by atoms with Crippen LogP contribution in [0, 0.1) is 6.92 Å². The van der Waals surface area contributed by atoms with Gasteiger partial charge in [-0.05, 0) is 39.7 Å². The van der Waals surface area contributed by atoms with Gasteiger partial charge in [-0.1, -0.05) is 62.4 Å². The first kappa shape index (κ1) is 31.9. The molecule has 0 saturated carbocycles. The van der Waals surface area contributed by atoms with E-state index >= 15 is 0 Å². The Morgan fingerprint density at radius 1 is 1.08 bits per heavy atom. The minimum absolute atomic E-state index is 0.208. The molecule has 2 unspecified atom stereocenters. The van der Waals surface area contributed by atoms with Crippen molar-refractivity contribution in [3.05, 3.63) is 35.4 Å². The molecule has 10 nitrogen and oxygen atoms in total. The predicted molar refractivity (Wildman–Crippen MR) is 140 cm³/mol. The number of carbonyl (C=O) groups is 4. The molecule has 1 aromatic rings. The van der Waals surface area contributed by atoms with Gasteiger partial charge in [0.25, 0.3) is 0 Å². The number of ether oxygens (including phenoxy) is 2. The second kappa shape index (κ2) is 15.9. The minimum Gasteiger partial charge on any atom is -0.468 e. The zero-order valence-electron chi connectivity index (χ0n) is 23.0. The summed E-state index contributed by atoms with van der Waals surface area (Å²) in [5.41, 5.74) is 0.617. The molecule has 37 heavy (non-hydrogen) atoms. The van der Waals surface area contributed by atoms with E-state index in [1.165, 1.54) is 12.0 Å². The molecule has 0 radical (unpaired) electrons. The molecule has 0 aliphatic carbocycles. The van der Waals surface area contributed by atoms with Crippen molar-refractivity contribution < 1.29 is 33.8 Å². The Morgan fingerprint density at radius 2 is 1.76 bits per heavy atom. The summed E-state index contributed by atoms with van der Waals surface area (Å²) in [6, 6.07) is 4.72. The number of aryl methyl sites for hydroxylation is 1. The second-order valence-electron chi connectivity index (χ2n) is 9.94. The third kappa shape index (κ3) is 11.6. The van der Waals surface area contributed by atoms with Gasteiger partial charge in [-0.15, -0.1) is 0 Å². The van der Waals surface area contributed by atoms with Crippen LogP contribution in [0.3, 0.4) is 0 Å². The Balaban J connectivity index is 3.35. The number of alkyl carbamates (subject to hydrolysis) is 1. The highest BCUT2D eigenvalue weighted by atomic mass is 16.6. The molecule has 0 bridgehead atoms. The molecule has 0 aromatic heterocycles. The third-order valence-electron chi connectivity index (χ3n) is 5.51. The van der Waals surface area contributed by atoms with E-state index < -0.39 is 48.2 Å². The van der Waals surface area contributed by atoms with Gasteiger partial charge in [-0.3, -0.25) is 14.4 Å². The molecule has 3 N–H and O–H groups in total. The largest absolute Gasteiger partial charge is 0.468 e. The van der Waals surface area contributed by atoms with Crippen molar-refractivity contribution in [1.82, 2.24) is 15.5 Å². The van der Waals surface area contributed by atoms with E-state index in [1.54, 1.807) is 39.0 Å². The quantitative estimate of drug-likeness (QED) is 0.253. The summed E-state index contributed by atoms with van der Waals surface area (Å²) in [4.78, 5) is 52.5. The molecule has 0 heterocycles. The Labute approximate surface area is 220 Å². The van der Waals surface area contributed by atoms with Crippen molar-refractivity contribution in [2.45, 2.75) is 84.4 Å². The highest BCUT2D eigenvalue weighted by Gasteiger charge is 2.36. The van der Waals surface area contributed by atoms with Crippen molar-refractivity contribution in [3.63, 3.8) is 0 Å². The fourth-order valence-electron chi connectivity index (χ4n) is 3.73. The Hall–Kier alpha value is -3.14. The predicted octanol–water partition coefficient (Wildman–Crippen LogP) is 3.01. The van der Waals surface area contributed by atoms with Gasteiger partial charge in [0, 0.05) is 6.54 Å². The summed E-state index contributed by atoms with van der Waals surface area (Å²) in [6.45, 7) is 8.18. The normalized spacial score (nSPS) is 12.7. The summed E-state index contributed by atoms with van der Waals surface area (Å²) in [5.74, 6) is -1.84. The number of benzene rings is 1. The van der Waals surface area contributed by atoms with Crippen molar-refractivity contribution in [3.8, 4) is 0 Å². The third-order valence-corrected chi connectivity index (χ3v) is 5.51. The van der Waals surface area contributed by atoms with Crippen LogP contribution in [0.5, 0.6) is 0 Å². The molecule has 1 aromatic carbocycles. The van der Waals surface area contributed by atoms with Crippen LogP contribution in [0.4, 0.5) is 4.79 Å². The van der Waals surface area contributed by atoms with Crippen molar-refractivity contribution >= 4 is 23.9 Å². The van der Waals surface area contributed by atoms with Crippen molar-refractivity contribution in [2.24, 2.45) is 0 Å². The van der Waals surface area contributed by atoms with Crippen LogP contribution >= 0.6 is 0 Å². The van der Waals surface area contributed by atoms with Gasteiger partial charge in [0.2, 0.25) is 11.8 Å². The van der Waals surface area contributed by atoms with E-state index in [4.69, 9.17) is 4.74 Å². The maximum absolute atomic E-state index is 13.7. The Bertz CT molecular complexity index is 898. The van der Waals surface area contributed by atoms with E-state index in [-0.39, 0.29) is 13.1 Å². The minimum atomic E-state index is -1.33. The lowest BCUT2D eigenvalue weighted by Gasteiger charge is -2.34. The average molecular weight is 522 g/mol. The fourth-order valence-corrected chi connectivity index (χ4v) is 3.73. The molecule has 208 valence electrons. The van der Waals surface area contributed by atoms with Crippen LogP contribution < -0.4 is 10.6 Å². The van der Waals surface area contributed by atoms with E-state index in [0.29, 0.717) is 12.0 Å². The van der Waals surface area contributed by atoms with E-state index in [2.05, 4.69) is 22.3 Å². The van der Waals surface area contributed by atoms with Gasteiger partial charge in [-0.25, -0.2) is 4.79 Å². The standard InChI is InChI=1S/C27H43N3O7/c1-7-8-9-10-11-15-30(25(34)21(18-31)29-26(35)37-27(3,4)5)23(20-14-12-13-19(2)16-20)24(33)28-17-22(32)36-6/h12-14,16,21,23,31H,7-11,15,17-18H2,1-6H3,(H,28,33)(H,29,35). The number of aliphatic hydroxyl groups excluding tert-OH is 1. The SMILES string of the molecule is CCCCCCCN(C(=O)C(CO)NC(=O)OC(C)(C)C)C(C(=O)NCC(=O)OC)c1cccc(C)c1. The molecule has 0 spiro atoms. The first-order valence-electron chi connectivity index (χ1n) is 12.7. The molecular weight excluding hydrogens is 478 g/mol. The van der Waals surface area contributed by atoms with Gasteiger partial charge in [0.15, 0.2) is 0 Å². The molecule has 0 aliphatic heterocycles. The van der Waals surface area contributed by atoms with E-state index in [0.717, 1.165) is 31.2 Å². The number of amides is 3. The summed E-state index contributed by atoms with van der Waals surface area (Å²) >= 11 is 0. The lowest BCUT2D eigenvalue weighted by Crippen LogP contribution is -2.54. The van der Waals surface area contributed by atoms with Crippen LogP contribution in [-0.2, 0) is 23.9 Å². The zero-order valence-corrected chi connectivity index (χ0v) is 23.0. The van der Waals surface area contributed by atoms with Gasteiger partial charge in [0.1, 0.15) is 24.2 Å². The topological polar surface area (TPSA) is 134 Å². The van der Waals surface area contributed by atoms with Crippen LogP contribution in [0.15, 0.2) is 24.3 Å². The highest BCUT2D eigenvalue weighted by Crippen LogP contribution is 2.24. The number of esters is 1. The van der Waals surface area contributed by atoms with E-state index in [1.807, 2.05) is 13.0 Å². The van der Waals surface area contributed by atoms with E-state index in [9.17, 15) is 24.3 Å². The molecule has 1 rings (SSSR count). The molecule has 0 fully saturated rings. The number of methoxy groups -OCH3 is 1. The summed E-state index contributed by atoms with van der Waals surface area (Å²) in [5, 5.41) is 15.0. The second-order valence-corrected chi connectivity index (χ2v) is 9.94. The monoisotopic (exact) mass is 521 g/mol. The lowest BCUT2D eigenvalue weighted by molar-refractivity contribution is -0.145. The summed E-state index contributed by atoms with van der Waals surface area (Å²) in [6.07, 6.45) is 3.67. The molecule has 0 aliphatic rings. The Kier molecular flexibility index (Phi) is 13.7. The van der Waals surface area contributed by atoms with Crippen LogP contribution in [0.1, 0.15) is 77.0 Å². The van der Waals surface area contributed by atoms with Crippen LogP contribution in [-0.4, -0.2) is 72.3 Å². The smallest absolute Gasteiger partial charge is 0.408 e. The van der Waals surface area contributed by atoms with Gasteiger partial charge < -0.3 is 30.1 Å². The van der Waals surface area contributed by atoms with Crippen molar-refractivity contribution in [1.29, 1.82) is 0 Å². The van der Waals surface area contributed by atoms with Gasteiger partial charge in [-0.2, -0.15) is 0 Å². The first-order valence-corrected chi connectivity index (χ1v) is 12.7. The molecular formula is C27H43N3O7. The molecule has 10 heteroatoms. The molecule has 0 saturated heterocycles. The number of hydrogen-bond donors (Lipinski definition) is 3. The summed E-state index contributed by atoms with van der Waals surface area (Å²) < 4.78 is 9.87. The number of rotatable bonds is 14. The number of nitrogens with zero attached hydrogens (tertiary/aromatic N) is 1. The average Bonchev–Trinajstić information content (AvgIpc) is 2.83. The van der Waals surface area contributed by atoms with Crippen LogP contribution in [0.2, 0.25) is 0 Å². The molecule has 2 atom stereocenters. The number of aliphatic hydroxyl groups is 1. The van der Waals surface area contributed by atoms with Gasteiger partial charge >= 0.3 is 12.1 Å². The molecule has 3 amide bonds. The summed E-state index contributed by atoms with van der Waals surface area (Å²) in [7, 11) is 1.22. The van der Waals surface area contributed by atoms with Crippen LogP contribution in [0.25, 0.3) is 0 Å². The highest BCUT2D eigenvalue weighted by molar-refractivity contribution is 5.93. The maximum Gasteiger partial charge on any atom is 0.408 e. The number of nitrogens with one attached hydrogen (secondary N) is 2. The number of unbranched alkanes of at least 4 members (excludes halogenated alkanes) is 4. The zero-order chi connectivity index (χ0) is 28.0. The van der Waals surface area contributed by atoms with Gasteiger partial charge in [0.05, 0.1) is 13.7 Å². The number of hydrogen-bond acceptors (Lipinski definition) is 7.